The molecule has 0 bridgehead atoms. The van der Waals surface area contributed by atoms with Gasteiger partial charge in [0.1, 0.15) is 23.4 Å². The van der Waals surface area contributed by atoms with E-state index in [2.05, 4.69) is 25.3 Å². The van der Waals surface area contributed by atoms with Crippen LogP contribution in [0.4, 0.5) is 5.95 Å². The first-order valence-electron chi connectivity index (χ1n) is 8.57. The third kappa shape index (κ3) is 2.62. The predicted molar refractivity (Wildman–Crippen MR) is 94.9 cm³/mol. The first-order chi connectivity index (χ1) is 13.6. The number of nitrogen functional groups attached to an aromatic ring is 1. The second-order valence-electron chi connectivity index (χ2n) is 6.37. The molecule has 144 valence electrons. The van der Waals surface area contributed by atoms with Crippen LogP contribution in [0.15, 0.2) is 30.6 Å². The SMILES string of the molecule is Nc1nc(On2nnc3ccccc32)c2ncn([C@H]3C[C@@H](O)[C@@H](CO)O3)c2n1. The van der Waals surface area contributed by atoms with Crippen LogP contribution >= 0.6 is 0 Å². The molecule has 0 amide bonds. The molecule has 0 spiro atoms. The third-order valence-electron chi connectivity index (χ3n) is 4.60. The van der Waals surface area contributed by atoms with E-state index < -0.39 is 18.4 Å². The van der Waals surface area contributed by atoms with Crippen molar-refractivity contribution in [2.45, 2.75) is 24.9 Å². The smallest absolute Gasteiger partial charge is 0.281 e. The van der Waals surface area contributed by atoms with Gasteiger partial charge in [-0.25, -0.2) is 4.98 Å². The van der Waals surface area contributed by atoms with Crippen molar-refractivity contribution in [2.24, 2.45) is 0 Å². The standard InChI is InChI=1S/C16H16N8O4/c17-16-19-14-13(18-7-23(14)12-5-10(26)11(6-25)27-12)15(20-16)28-24-9-4-2-1-3-8(9)21-22-24/h1-4,7,10-12,25-26H,5-6H2,(H2,17,19,20)/t10-,11-,12-/m1/s1. The lowest BCUT2D eigenvalue weighted by Crippen LogP contribution is -2.24. The van der Waals surface area contributed by atoms with Gasteiger partial charge in [-0.05, 0) is 17.3 Å². The third-order valence-corrected chi connectivity index (χ3v) is 4.60. The molecule has 28 heavy (non-hydrogen) atoms. The number of aliphatic hydroxyl groups is 2. The number of hydrogen-bond donors (Lipinski definition) is 3. The molecule has 0 unspecified atom stereocenters. The minimum atomic E-state index is -0.788. The van der Waals surface area contributed by atoms with Crippen LogP contribution in [0.5, 0.6) is 5.88 Å². The van der Waals surface area contributed by atoms with Gasteiger partial charge in [-0.1, -0.05) is 17.0 Å². The van der Waals surface area contributed by atoms with Gasteiger partial charge in [0.2, 0.25) is 5.95 Å². The lowest BCUT2D eigenvalue weighted by molar-refractivity contribution is -0.0432. The van der Waals surface area contributed by atoms with Crippen LogP contribution in [0.1, 0.15) is 12.6 Å². The van der Waals surface area contributed by atoms with Crippen molar-refractivity contribution in [3.63, 3.8) is 0 Å². The van der Waals surface area contributed by atoms with E-state index in [1.54, 1.807) is 16.7 Å². The zero-order valence-corrected chi connectivity index (χ0v) is 14.5. The van der Waals surface area contributed by atoms with Gasteiger partial charge in [0.25, 0.3) is 5.88 Å². The first-order valence-corrected chi connectivity index (χ1v) is 8.57. The Bertz CT molecular complexity index is 1160. The van der Waals surface area contributed by atoms with Crippen molar-refractivity contribution in [1.29, 1.82) is 0 Å². The maximum absolute atomic E-state index is 9.99. The van der Waals surface area contributed by atoms with Gasteiger partial charge < -0.3 is 25.5 Å². The van der Waals surface area contributed by atoms with Gasteiger partial charge >= 0.3 is 0 Å². The summed E-state index contributed by atoms with van der Waals surface area (Å²) in [5.41, 5.74) is 7.89. The molecule has 4 heterocycles. The van der Waals surface area contributed by atoms with E-state index in [4.69, 9.17) is 15.3 Å². The fraction of sp³-hybridized carbons (Fsp3) is 0.312. The number of fused-ring (bicyclic) bond motifs is 2. The summed E-state index contributed by atoms with van der Waals surface area (Å²) in [6.07, 6.45) is -0.221. The highest BCUT2D eigenvalue weighted by molar-refractivity contribution is 5.78. The van der Waals surface area contributed by atoms with Gasteiger partial charge in [-0.3, -0.25) is 4.57 Å². The number of imidazole rings is 1. The Kier molecular flexibility index (Phi) is 3.82. The van der Waals surface area contributed by atoms with E-state index in [0.717, 1.165) is 0 Å². The highest BCUT2D eigenvalue weighted by Gasteiger charge is 2.35. The number of aliphatic hydroxyl groups excluding tert-OH is 2. The molecule has 12 nitrogen and oxygen atoms in total. The van der Waals surface area contributed by atoms with Gasteiger partial charge in [-0.15, -0.1) is 5.10 Å². The molecule has 12 heteroatoms. The number of hydrogen-bond acceptors (Lipinski definition) is 10. The van der Waals surface area contributed by atoms with Crippen LogP contribution in [-0.2, 0) is 4.74 Å². The molecule has 1 saturated heterocycles. The molecule has 1 aromatic carbocycles. The predicted octanol–water partition coefficient (Wildman–Crippen LogP) is -0.364. The lowest BCUT2D eigenvalue weighted by Gasteiger charge is -2.13. The normalized spacial score (nSPS) is 22.3. The summed E-state index contributed by atoms with van der Waals surface area (Å²) in [4.78, 5) is 19.7. The number of rotatable bonds is 4. The minimum Gasteiger partial charge on any atom is -0.394 e. The molecule has 1 fully saturated rings. The average Bonchev–Trinajstić information content (AvgIpc) is 3.38. The van der Waals surface area contributed by atoms with Crippen LogP contribution in [-0.4, -0.2) is 63.7 Å². The topological polar surface area (TPSA) is 159 Å². The molecular weight excluding hydrogens is 368 g/mol. The van der Waals surface area contributed by atoms with E-state index in [-0.39, 0.29) is 24.9 Å². The largest absolute Gasteiger partial charge is 0.394 e. The Morgan fingerprint density at radius 3 is 2.96 bits per heavy atom. The number of para-hydroxylation sites is 1. The van der Waals surface area contributed by atoms with Crippen molar-refractivity contribution < 1.29 is 19.8 Å². The number of anilines is 1. The van der Waals surface area contributed by atoms with Crippen molar-refractivity contribution in [3.8, 4) is 5.88 Å². The molecule has 0 aliphatic carbocycles. The van der Waals surface area contributed by atoms with Crippen LogP contribution in [0.2, 0.25) is 0 Å². The fourth-order valence-electron chi connectivity index (χ4n) is 3.23. The summed E-state index contributed by atoms with van der Waals surface area (Å²) in [6.45, 7) is -0.283. The van der Waals surface area contributed by atoms with Crippen molar-refractivity contribution >= 4 is 28.1 Å². The number of nitrogens with two attached hydrogens (primary N) is 1. The molecule has 0 radical (unpaired) electrons. The number of benzene rings is 1. The van der Waals surface area contributed by atoms with Crippen LogP contribution in [0.3, 0.4) is 0 Å². The highest BCUT2D eigenvalue weighted by Crippen LogP contribution is 2.32. The fourth-order valence-corrected chi connectivity index (χ4v) is 3.23. The molecule has 4 aromatic rings. The summed E-state index contributed by atoms with van der Waals surface area (Å²) in [6, 6.07) is 7.30. The second-order valence-corrected chi connectivity index (χ2v) is 6.37. The summed E-state index contributed by atoms with van der Waals surface area (Å²) < 4.78 is 7.30. The summed E-state index contributed by atoms with van der Waals surface area (Å²) in [5.74, 6) is 0.0834. The first kappa shape index (κ1) is 16.8. The summed E-state index contributed by atoms with van der Waals surface area (Å²) in [7, 11) is 0. The average molecular weight is 384 g/mol. The maximum Gasteiger partial charge on any atom is 0.281 e. The maximum atomic E-state index is 9.99. The van der Waals surface area contributed by atoms with Gasteiger partial charge in [0, 0.05) is 6.42 Å². The Morgan fingerprint density at radius 2 is 2.14 bits per heavy atom. The number of ether oxygens (including phenoxy) is 1. The van der Waals surface area contributed by atoms with E-state index in [1.807, 2.05) is 12.1 Å². The zero-order valence-electron chi connectivity index (χ0n) is 14.5. The molecular formula is C16H16N8O4. The van der Waals surface area contributed by atoms with E-state index in [9.17, 15) is 10.2 Å². The van der Waals surface area contributed by atoms with E-state index in [0.29, 0.717) is 22.2 Å². The molecule has 3 aromatic heterocycles. The van der Waals surface area contributed by atoms with Crippen molar-refractivity contribution in [2.75, 3.05) is 12.3 Å². The lowest BCUT2D eigenvalue weighted by atomic mass is 10.2. The molecule has 0 saturated carbocycles. The Balaban J connectivity index is 1.55. The van der Waals surface area contributed by atoms with Crippen LogP contribution < -0.4 is 10.6 Å². The van der Waals surface area contributed by atoms with Gasteiger partial charge in [-0.2, -0.15) is 9.97 Å². The van der Waals surface area contributed by atoms with E-state index >= 15 is 0 Å². The Morgan fingerprint density at radius 1 is 1.29 bits per heavy atom. The summed E-state index contributed by atoms with van der Waals surface area (Å²) >= 11 is 0. The molecule has 4 N–H and O–H groups in total. The number of aromatic nitrogens is 7. The molecule has 5 rings (SSSR count). The van der Waals surface area contributed by atoms with Gasteiger partial charge in [0.15, 0.2) is 11.2 Å². The summed E-state index contributed by atoms with van der Waals surface area (Å²) in [5, 5.41) is 27.3. The Hall–Kier alpha value is -3.35. The Labute approximate surface area is 157 Å². The number of nitrogens with zero attached hydrogens (tertiary/aromatic N) is 7. The van der Waals surface area contributed by atoms with Crippen molar-refractivity contribution in [1.82, 2.24) is 34.7 Å². The molecule has 1 aliphatic heterocycles. The van der Waals surface area contributed by atoms with E-state index in [1.165, 1.54) is 11.2 Å². The monoisotopic (exact) mass is 384 g/mol. The van der Waals surface area contributed by atoms with Crippen molar-refractivity contribution in [3.05, 3.63) is 30.6 Å². The van der Waals surface area contributed by atoms with Crippen LogP contribution in [0.25, 0.3) is 22.2 Å². The zero-order chi connectivity index (χ0) is 19.3. The quantitative estimate of drug-likeness (QED) is 0.424. The van der Waals surface area contributed by atoms with Crippen LogP contribution in [0, 0.1) is 0 Å². The second kappa shape index (κ2) is 6.37. The molecule has 1 aliphatic rings. The highest BCUT2D eigenvalue weighted by atomic mass is 16.7. The minimum absolute atomic E-state index is 0.0223. The van der Waals surface area contributed by atoms with Gasteiger partial charge in [0.05, 0.1) is 19.0 Å². The molecule has 3 atom stereocenters.